The van der Waals surface area contributed by atoms with E-state index in [0.29, 0.717) is 5.54 Å². The Morgan fingerprint density at radius 1 is 1.17 bits per heavy atom. The van der Waals surface area contributed by atoms with Gasteiger partial charge in [0.15, 0.2) is 0 Å². The molecule has 3 heteroatoms. The average molecular weight is 253 g/mol. The van der Waals surface area contributed by atoms with Crippen LogP contribution in [0.2, 0.25) is 0 Å². The molecular formula is C15H31N3. The summed E-state index contributed by atoms with van der Waals surface area (Å²) >= 11 is 0. The summed E-state index contributed by atoms with van der Waals surface area (Å²) < 4.78 is 0. The fourth-order valence-electron chi connectivity index (χ4n) is 3.70. The molecule has 2 saturated heterocycles. The maximum atomic E-state index is 3.47. The Bertz CT molecular complexity index is 246. The maximum absolute atomic E-state index is 3.47. The standard InChI is InChI=1S/C15H31N3/c1-4-5-10-18-11-6-7-14(15(18,2)3)17-12-8-16-9-13-17/h14,16H,4-13H2,1-3H3. The van der Waals surface area contributed by atoms with Crippen LogP contribution in [0.25, 0.3) is 0 Å². The minimum Gasteiger partial charge on any atom is -0.314 e. The van der Waals surface area contributed by atoms with Crippen molar-refractivity contribution in [3.8, 4) is 0 Å². The first-order valence-electron chi connectivity index (χ1n) is 7.86. The van der Waals surface area contributed by atoms with Gasteiger partial charge in [0.05, 0.1) is 0 Å². The first-order valence-corrected chi connectivity index (χ1v) is 7.86. The van der Waals surface area contributed by atoms with Crippen molar-refractivity contribution in [2.75, 3.05) is 39.3 Å². The number of nitrogens with one attached hydrogen (secondary N) is 1. The van der Waals surface area contributed by atoms with Gasteiger partial charge in [-0.25, -0.2) is 0 Å². The van der Waals surface area contributed by atoms with E-state index in [-0.39, 0.29) is 0 Å². The maximum Gasteiger partial charge on any atom is 0.0308 e. The molecule has 1 atom stereocenters. The fourth-order valence-corrected chi connectivity index (χ4v) is 3.70. The molecular weight excluding hydrogens is 222 g/mol. The number of likely N-dealkylation sites (tertiary alicyclic amines) is 1. The van der Waals surface area contributed by atoms with E-state index in [9.17, 15) is 0 Å². The Balaban J connectivity index is 2.00. The summed E-state index contributed by atoms with van der Waals surface area (Å²) in [5, 5.41) is 3.47. The molecule has 0 radical (unpaired) electrons. The highest BCUT2D eigenvalue weighted by molar-refractivity contribution is 4.99. The second kappa shape index (κ2) is 6.36. The van der Waals surface area contributed by atoms with Crippen molar-refractivity contribution in [3.63, 3.8) is 0 Å². The van der Waals surface area contributed by atoms with Crippen LogP contribution in [0.5, 0.6) is 0 Å². The summed E-state index contributed by atoms with van der Waals surface area (Å²) in [7, 11) is 0. The number of unbranched alkanes of at least 4 members (excludes halogenated alkanes) is 1. The first kappa shape index (κ1) is 14.3. The molecule has 2 aliphatic heterocycles. The molecule has 0 aliphatic carbocycles. The Kier molecular flexibility index (Phi) is 5.05. The van der Waals surface area contributed by atoms with Crippen LogP contribution in [0, 0.1) is 0 Å². The highest BCUT2D eigenvalue weighted by atomic mass is 15.3. The van der Waals surface area contributed by atoms with Crippen LogP contribution in [0.4, 0.5) is 0 Å². The van der Waals surface area contributed by atoms with Gasteiger partial charge in [-0.1, -0.05) is 13.3 Å². The smallest absolute Gasteiger partial charge is 0.0308 e. The van der Waals surface area contributed by atoms with Gasteiger partial charge in [-0.3, -0.25) is 9.80 Å². The van der Waals surface area contributed by atoms with Crippen LogP contribution in [0.15, 0.2) is 0 Å². The number of nitrogens with zero attached hydrogens (tertiary/aromatic N) is 2. The van der Waals surface area contributed by atoms with Gasteiger partial charge in [0.2, 0.25) is 0 Å². The van der Waals surface area contributed by atoms with E-state index in [1.54, 1.807) is 0 Å². The lowest BCUT2D eigenvalue weighted by Gasteiger charge is -2.53. The second-order valence-corrected chi connectivity index (χ2v) is 6.44. The topological polar surface area (TPSA) is 18.5 Å². The van der Waals surface area contributed by atoms with Crippen LogP contribution in [0.1, 0.15) is 46.5 Å². The summed E-state index contributed by atoms with van der Waals surface area (Å²) in [6.07, 6.45) is 5.42. The summed E-state index contributed by atoms with van der Waals surface area (Å²) in [6.45, 7) is 14.6. The van der Waals surface area contributed by atoms with Crippen LogP contribution < -0.4 is 5.32 Å². The lowest BCUT2D eigenvalue weighted by Crippen LogP contribution is -2.64. The molecule has 0 saturated carbocycles. The first-order chi connectivity index (χ1) is 8.66. The second-order valence-electron chi connectivity index (χ2n) is 6.44. The normalized spacial score (nSPS) is 30.5. The monoisotopic (exact) mass is 253 g/mol. The van der Waals surface area contributed by atoms with Crippen LogP contribution in [-0.2, 0) is 0 Å². The van der Waals surface area contributed by atoms with Crippen LogP contribution in [-0.4, -0.2) is 60.6 Å². The molecule has 2 aliphatic rings. The minimum absolute atomic E-state index is 0.352. The van der Waals surface area contributed by atoms with E-state index in [0.717, 1.165) is 6.04 Å². The molecule has 0 spiro atoms. The van der Waals surface area contributed by atoms with E-state index < -0.39 is 0 Å². The predicted molar refractivity (Wildman–Crippen MR) is 78.0 cm³/mol. The molecule has 18 heavy (non-hydrogen) atoms. The summed E-state index contributed by atoms with van der Waals surface area (Å²) in [4.78, 5) is 5.47. The third-order valence-electron chi connectivity index (χ3n) is 4.91. The summed E-state index contributed by atoms with van der Waals surface area (Å²) in [5.74, 6) is 0. The Hall–Kier alpha value is -0.120. The van der Waals surface area contributed by atoms with Crippen molar-refractivity contribution in [2.24, 2.45) is 0 Å². The Labute approximate surface area is 113 Å². The molecule has 0 aromatic carbocycles. The zero-order valence-electron chi connectivity index (χ0n) is 12.5. The fraction of sp³-hybridized carbons (Fsp3) is 1.00. The van der Waals surface area contributed by atoms with Crippen molar-refractivity contribution < 1.29 is 0 Å². The number of hydrogen-bond acceptors (Lipinski definition) is 3. The van der Waals surface area contributed by atoms with E-state index in [2.05, 4.69) is 35.9 Å². The SMILES string of the molecule is CCCCN1CCCC(N2CCNCC2)C1(C)C. The van der Waals surface area contributed by atoms with Crippen molar-refractivity contribution >= 4 is 0 Å². The van der Waals surface area contributed by atoms with E-state index >= 15 is 0 Å². The molecule has 2 fully saturated rings. The molecule has 1 unspecified atom stereocenters. The Morgan fingerprint density at radius 3 is 2.56 bits per heavy atom. The van der Waals surface area contributed by atoms with E-state index in [4.69, 9.17) is 0 Å². The van der Waals surface area contributed by atoms with Crippen LogP contribution >= 0.6 is 0 Å². The van der Waals surface area contributed by atoms with E-state index in [1.807, 2.05) is 0 Å². The molecule has 1 N–H and O–H groups in total. The minimum atomic E-state index is 0.352. The van der Waals surface area contributed by atoms with Gasteiger partial charge in [0, 0.05) is 37.8 Å². The molecule has 0 aromatic heterocycles. The van der Waals surface area contributed by atoms with Crippen molar-refractivity contribution in [1.82, 2.24) is 15.1 Å². The van der Waals surface area contributed by atoms with Gasteiger partial charge in [-0.2, -0.15) is 0 Å². The average Bonchev–Trinajstić information content (AvgIpc) is 2.38. The van der Waals surface area contributed by atoms with Gasteiger partial charge in [0.1, 0.15) is 0 Å². The molecule has 2 heterocycles. The number of piperazine rings is 1. The zero-order valence-corrected chi connectivity index (χ0v) is 12.5. The molecule has 0 bridgehead atoms. The van der Waals surface area contributed by atoms with Crippen molar-refractivity contribution in [2.45, 2.75) is 58.0 Å². The highest BCUT2D eigenvalue weighted by Gasteiger charge is 2.41. The molecule has 2 rings (SSSR count). The lowest BCUT2D eigenvalue weighted by molar-refractivity contribution is -0.0208. The van der Waals surface area contributed by atoms with Crippen molar-refractivity contribution in [1.29, 1.82) is 0 Å². The summed E-state index contributed by atoms with van der Waals surface area (Å²) in [5.41, 5.74) is 0.352. The van der Waals surface area contributed by atoms with Crippen LogP contribution in [0.3, 0.4) is 0 Å². The quantitative estimate of drug-likeness (QED) is 0.826. The molecule has 106 valence electrons. The number of rotatable bonds is 4. The van der Waals surface area contributed by atoms with Gasteiger partial charge in [0.25, 0.3) is 0 Å². The third-order valence-corrected chi connectivity index (χ3v) is 4.91. The molecule has 3 nitrogen and oxygen atoms in total. The third kappa shape index (κ3) is 3.06. The highest BCUT2D eigenvalue weighted by Crippen LogP contribution is 2.32. The predicted octanol–water partition coefficient (Wildman–Crippen LogP) is 1.93. The molecule has 0 aromatic rings. The van der Waals surface area contributed by atoms with Gasteiger partial charge in [-0.05, 0) is 46.2 Å². The summed E-state index contributed by atoms with van der Waals surface area (Å²) in [6, 6.07) is 0.755. The van der Waals surface area contributed by atoms with E-state index in [1.165, 1.54) is 65.0 Å². The van der Waals surface area contributed by atoms with Gasteiger partial charge in [-0.15, -0.1) is 0 Å². The Morgan fingerprint density at radius 2 is 1.89 bits per heavy atom. The van der Waals surface area contributed by atoms with Gasteiger partial charge >= 0.3 is 0 Å². The van der Waals surface area contributed by atoms with Crippen molar-refractivity contribution in [3.05, 3.63) is 0 Å². The lowest BCUT2D eigenvalue weighted by atomic mass is 9.83. The zero-order chi connectivity index (χ0) is 13.0. The largest absolute Gasteiger partial charge is 0.314 e. The molecule has 0 amide bonds. The number of hydrogen-bond donors (Lipinski definition) is 1. The van der Waals surface area contributed by atoms with Gasteiger partial charge < -0.3 is 5.32 Å². The number of piperidine rings is 1.